The van der Waals surface area contributed by atoms with E-state index in [4.69, 9.17) is 10.9 Å². The Labute approximate surface area is 93.1 Å². The van der Waals surface area contributed by atoms with Crippen LogP contribution in [0.3, 0.4) is 0 Å². The average Bonchev–Trinajstić information content (AvgIpc) is 2.29. The van der Waals surface area contributed by atoms with Gasteiger partial charge >= 0.3 is 0 Å². The van der Waals surface area contributed by atoms with Gasteiger partial charge in [0.15, 0.2) is 0 Å². The van der Waals surface area contributed by atoms with Gasteiger partial charge in [0, 0.05) is 19.5 Å². The van der Waals surface area contributed by atoms with Crippen LogP contribution < -0.4 is 5.73 Å². The van der Waals surface area contributed by atoms with E-state index in [0.717, 1.165) is 25.6 Å². The third kappa shape index (κ3) is 6.33. The molecule has 0 atom stereocenters. The summed E-state index contributed by atoms with van der Waals surface area (Å²) in [6.07, 6.45) is 3.08. The van der Waals surface area contributed by atoms with Crippen LogP contribution in [-0.4, -0.2) is 35.6 Å². The average molecular weight is 215 g/mol. The van der Waals surface area contributed by atoms with Crippen LogP contribution in [0.25, 0.3) is 0 Å². The van der Waals surface area contributed by atoms with Crippen LogP contribution in [-0.2, 0) is 0 Å². The Balaban J connectivity index is 3.91. The summed E-state index contributed by atoms with van der Waals surface area (Å²) in [4.78, 5) is 2.36. The first-order valence-corrected chi connectivity index (χ1v) is 5.86. The minimum Gasteiger partial charge on any atom is -0.409 e. The molecule has 4 heteroatoms. The molecule has 0 heterocycles. The summed E-state index contributed by atoms with van der Waals surface area (Å²) < 4.78 is 0. The topological polar surface area (TPSA) is 61.8 Å². The number of rotatable bonds is 8. The lowest BCUT2D eigenvalue weighted by Crippen LogP contribution is -2.32. The van der Waals surface area contributed by atoms with Gasteiger partial charge in [0.05, 0.1) is 0 Å². The third-order valence-electron chi connectivity index (χ3n) is 2.93. The van der Waals surface area contributed by atoms with Crippen LogP contribution in [0.1, 0.15) is 40.0 Å². The molecule has 0 aliphatic rings. The summed E-state index contributed by atoms with van der Waals surface area (Å²) >= 11 is 0. The molecule has 0 aromatic carbocycles. The van der Waals surface area contributed by atoms with Crippen molar-refractivity contribution < 1.29 is 5.21 Å². The summed E-state index contributed by atoms with van der Waals surface area (Å²) in [7, 11) is 0. The van der Waals surface area contributed by atoms with E-state index in [9.17, 15) is 0 Å². The molecule has 0 rings (SSSR count). The van der Waals surface area contributed by atoms with Crippen molar-refractivity contribution in [3.63, 3.8) is 0 Å². The molecule has 0 saturated heterocycles. The lowest BCUT2D eigenvalue weighted by Gasteiger charge is -2.24. The number of hydrogen-bond acceptors (Lipinski definition) is 3. The minimum atomic E-state index is 0.318. The first-order chi connectivity index (χ1) is 7.17. The summed E-state index contributed by atoms with van der Waals surface area (Å²) in [6.45, 7) is 9.62. The number of amidine groups is 1. The predicted molar refractivity (Wildman–Crippen MR) is 64.2 cm³/mol. The number of oxime groups is 1. The molecule has 0 spiro atoms. The van der Waals surface area contributed by atoms with Gasteiger partial charge in [0.1, 0.15) is 5.84 Å². The summed E-state index contributed by atoms with van der Waals surface area (Å²) in [5.41, 5.74) is 5.45. The van der Waals surface area contributed by atoms with Crippen molar-refractivity contribution in [2.45, 2.75) is 40.0 Å². The van der Waals surface area contributed by atoms with Crippen molar-refractivity contribution in [1.29, 1.82) is 0 Å². The van der Waals surface area contributed by atoms with Gasteiger partial charge in [-0.1, -0.05) is 38.8 Å². The van der Waals surface area contributed by atoms with Gasteiger partial charge < -0.3 is 15.8 Å². The highest BCUT2D eigenvalue weighted by atomic mass is 16.4. The van der Waals surface area contributed by atoms with E-state index in [1.54, 1.807) is 0 Å². The van der Waals surface area contributed by atoms with Crippen molar-refractivity contribution in [1.82, 2.24) is 4.90 Å². The van der Waals surface area contributed by atoms with E-state index in [-0.39, 0.29) is 0 Å². The normalized spacial score (nSPS) is 12.7. The molecule has 0 aromatic heterocycles. The zero-order valence-corrected chi connectivity index (χ0v) is 10.2. The maximum Gasteiger partial charge on any atom is 0.140 e. The maximum absolute atomic E-state index is 8.44. The van der Waals surface area contributed by atoms with Gasteiger partial charge in [-0.2, -0.15) is 0 Å². The van der Waals surface area contributed by atoms with Crippen LogP contribution >= 0.6 is 0 Å². The van der Waals surface area contributed by atoms with Crippen molar-refractivity contribution >= 4 is 5.84 Å². The molecule has 0 bridgehead atoms. The van der Waals surface area contributed by atoms with Gasteiger partial charge in [0.25, 0.3) is 0 Å². The van der Waals surface area contributed by atoms with Crippen LogP contribution in [0.4, 0.5) is 0 Å². The molecule has 0 amide bonds. The Morgan fingerprint density at radius 3 is 2.33 bits per heavy atom. The quantitative estimate of drug-likeness (QED) is 0.281. The zero-order valence-electron chi connectivity index (χ0n) is 10.2. The molecule has 0 unspecified atom stereocenters. The van der Waals surface area contributed by atoms with Crippen molar-refractivity contribution in [3.05, 3.63) is 0 Å². The van der Waals surface area contributed by atoms with E-state index in [0.29, 0.717) is 12.3 Å². The second-order valence-electron chi connectivity index (χ2n) is 3.92. The standard InChI is InChI=1S/C11H25N3O/c1-4-10(5-2)9-14(6-3)8-7-11(12)13-15/h10,15H,4-9H2,1-3H3,(H2,12,13). The Hall–Kier alpha value is -0.770. The van der Waals surface area contributed by atoms with E-state index >= 15 is 0 Å². The summed E-state index contributed by atoms with van der Waals surface area (Å²) in [6, 6.07) is 0. The lowest BCUT2D eigenvalue weighted by atomic mass is 10.0. The molecule has 15 heavy (non-hydrogen) atoms. The molecule has 0 fully saturated rings. The molecule has 90 valence electrons. The highest BCUT2D eigenvalue weighted by molar-refractivity contribution is 5.79. The number of nitrogens with two attached hydrogens (primary N) is 1. The number of hydrogen-bond donors (Lipinski definition) is 2. The van der Waals surface area contributed by atoms with E-state index < -0.39 is 0 Å². The first-order valence-electron chi connectivity index (χ1n) is 5.86. The Bertz CT molecular complexity index is 179. The largest absolute Gasteiger partial charge is 0.409 e. The van der Waals surface area contributed by atoms with Crippen molar-refractivity contribution in [3.8, 4) is 0 Å². The fourth-order valence-electron chi connectivity index (χ4n) is 1.61. The van der Waals surface area contributed by atoms with Crippen LogP contribution in [0.15, 0.2) is 5.16 Å². The van der Waals surface area contributed by atoms with E-state index in [1.807, 2.05) is 0 Å². The van der Waals surface area contributed by atoms with Crippen LogP contribution in [0.2, 0.25) is 0 Å². The molecule has 0 aromatic rings. The van der Waals surface area contributed by atoms with Crippen molar-refractivity contribution in [2.24, 2.45) is 16.8 Å². The van der Waals surface area contributed by atoms with Gasteiger partial charge in [0.2, 0.25) is 0 Å². The highest BCUT2D eigenvalue weighted by Gasteiger charge is 2.09. The SMILES string of the molecule is CCC(CC)CN(CC)CCC(N)=NO. The second kappa shape index (κ2) is 8.53. The van der Waals surface area contributed by atoms with Gasteiger partial charge in [-0.05, 0) is 12.5 Å². The zero-order chi connectivity index (χ0) is 11.7. The Morgan fingerprint density at radius 1 is 1.33 bits per heavy atom. The highest BCUT2D eigenvalue weighted by Crippen LogP contribution is 2.09. The van der Waals surface area contributed by atoms with Crippen LogP contribution in [0.5, 0.6) is 0 Å². The summed E-state index contributed by atoms with van der Waals surface area (Å²) in [5, 5.41) is 11.4. The van der Waals surface area contributed by atoms with Gasteiger partial charge in [-0.25, -0.2) is 0 Å². The molecular formula is C11H25N3O. The van der Waals surface area contributed by atoms with Gasteiger partial charge in [-0.3, -0.25) is 0 Å². The molecule has 0 aliphatic carbocycles. The molecule has 0 aliphatic heterocycles. The molecule has 0 radical (unpaired) electrons. The molecule has 0 saturated carbocycles. The minimum absolute atomic E-state index is 0.318. The van der Waals surface area contributed by atoms with E-state index in [1.165, 1.54) is 12.8 Å². The van der Waals surface area contributed by atoms with Gasteiger partial charge in [-0.15, -0.1) is 0 Å². The fourth-order valence-corrected chi connectivity index (χ4v) is 1.61. The second-order valence-corrected chi connectivity index (χ2v) is 3.92. The smallest absolute Gasteiger partial charge is 0.140 e. The van der Waals surface area contributed by atoms with Crippen LogP contribution in [0, 0.1) is 5.92 Å². The summed E-state index contributed by atoms with van der Waals surface area (Å²) in [5.74, 6) is 1.08. The molecule has 4 nitrogen and oxygen atoms in total. The van der Waals surface area contributed by atoms with E-state index in [2.05, 4.69) is 30.8 Å². The number of nitrogens with zero attached hydrogens (tertiary/aromatic N) is 2. The lowest BCUT2D eigenvalue weighted by molar-refractivity contribution is 0.238. The first kappa shape index (κ1) is 14.2. The molecule has 3 N–H and O–H groups in total. The Morgan fingerprint density at radius 2 is 1.93 bits per heavy atom. The third-order valence-corrected chi connectivity index (χ3v) is 2.93. The fraction of sp³-hybridized carbons (Fsp3) is 0.909. The predicted octanol–water partition coefficient (Wildman–Crippen LogP) is 1.88. The molecular weight excluding hydrogens is 190 g/mol. The maximum atomic E-state index is 8.44. The monoisotopic (exact) mass is 215 g/mol. The van der Waals surface area contributed by atoms with Crippen molar-refractivity contribution in [2.75, 3.05) is 19.6 Å². The Kier molecular flexibility index (Phi) is 8.09.